The van der Waals surface area contributed by atoms with Gasteiger partial charge in [-0.3, -0.25) is 0 Å². The first kappa shape index (κ1) is 10.6. The largest absolute Gasteiger partial charge is 0.496 e. The predicted molar refractivity (Wildman–Crippen MR) is 58.4 cm³/mol. The molecule has 0 saturated carbocycles. The number of H-pyrrole nitrogens is 1. The Bertz CT molecular complexity index is 496. The number of halogens is 1. The van der Waals surface area contributed by atoms with Gasteiger partial charge in [0, 0.05) is 12.1 Å². The molecule has 4 nitrogen and oxygen atoms in total. The molecule has 5 heteroatoms. The van der Waals surface area contributed by atoms with E-state index in [-0.39, 0.29) is 5.82 Å². The van der Waals surface area contributed by atoms with E-state index >= 15 is 0 Å². The number of methoxy groups -OCH3 is 1. The third-order valence-electron chi connectivity index (χ3n) is 2.34. The van der Waals surface area contributed by atoms with Crippen molar-refractivity contribution in [3.05, 3.63) is 36.0 Å². The summed E-state index contributed by atoms with van der Waals surface area (Å²) in [6.45, 7) is 0.314. The number of hydrogen-bond donors (Lipinski definition) is 2. The van der Waals surface area contributed by atoms with Crippen LogP contribution in [0, 0.1) is 5.82 Å². The van der Waals surface area contributed by atoms with E-state index in [4.69, 9.17) is 10.5 Å². The Kier molecular flexibility index (Phi) is 2.87. The topological polar surface area (TPSA) is 63.9 Å². The number of ether oxygens (including phenoxy) is 1. The van der Waals surface area contributed by atoms with Gasteiger partial charge in [-0.25, -0.2) is 9.37 Å². The molecule has 0 aliphatic carbocycles. The van der Waals surface area contributed by atoms with Crippen LogP contribution in [0.3, 0.4) is 0 Å². The molecule has 0 saturated heterocycles. The average molecular weight is 221 g/mol. The first-order chi connectivity index (χ1) is 7.76. The van der Waals surface area contributed by atoms with Gasteiger partial charge in [-0.2, -0.15) is 0 Å². The van der Waals surface area contributed by atoms with E-state index in [1.54, 1.807) is 6.07 Å². The molecule has 1 aromatic carbocycles. The van der Waals surface area contributed by atoms with Crippen LogP contribution >= 0.6 is 0 Å². The number of aromatic amines is 1. The Labute approximate surface area is 92.3 Å². The maximum Gasteiger partial charge on any atom is 0.128 e. The molecule has 0 aliphatic heterocycles. The van der Waals surface area contributed by atoms with Gasteiger partial charge in [-0.1, -0.05) is 0 Å². The Hall–Kier alpha value is -1.88. The van der Waals surface area contributed by atoms with Crippen molar-refractivity contribution in [1.82, 2.24) is 9.97 Å². The minimum Gasteiger partial charge on any atom is -0.496 e. The molecule has 0 unspecified atom stereocenters. The van der Waals surface area contributed by atoms with Crippen LogP contribution in [0.15, 0.2) is 24.5 Å². The summed E-state index contributed by atoms with van der Waals surface area (Å²) < 4.78 is 18.3. The number of imidazole rings is 1. The van der Waals surface area contributed by atoms with Gasteiger partial charge in [0.05, 0.1) is 24.8 Å². The monoisotopic (exact) mass is 221 g/mol. The SMILES string of the molecule is COc1ccc(F)cc1-c1nc[nH]c1CN. The number of nitrogens with zero attached hydrogens (tertiary/aromatic N) is 1. The molecule has 0 fully saturated rings. The Morgan fingerprint density at radius 1 is 1.50 bits per heavy atom. The van der Waals surface area contributed by atoms with E-state index in [2.05, 4.69) is 9.97 Å². The van der Waals surface area contributed by atoms with Crippen molar-refractivity contribution in [2.75, 3.05) is 7.11 Å². The third-order valence-corrected chi connectivity index (χ3v) is 2.34. The quantitative estimate of drug-likeness (QED) is 0.828. The van der Waals surface area contributed by atoms with E-state index < -0.39 is 0 Å². The third kappa shape index (κ3) is 1.77. The average Bonchev–Trinajstić information content (AvgIpc) is 2.76. The standard InChI is InChI=1S/C11H12FN3O/c1-16-10-3-2-7(12)4-8(10)11-9(5-13)14-6-15-11/h2-4,6H,5,13H2,1H3,(H,14,15). The number of nitrogens with two attached hydrogens (primary N) is 1. The molecule has 0 radical (unpaired) electrons. The first-order valence-electron chi connectivity index (χ1n) is 4.82. The molecule has 16 heavy (non-hydrogen) atoms. The molecule has 1 aromatic heterocycles. The molecule has 0 spiro atoms. The smallest absolute Gasteiger partial charge is 0.128 e. The highest BCUT2D eigenvalue weighted by Crippen LogP contribution is 2.30. The summed E-state index contributed by atoms with van der Waals surface area (Å²) in [6, 6.07) is 4.30. The van der Waals surface area contributed by atoms with Crippen LogP contribution in [0.4, 0.5) is 4.39 Å². The fraction of sp³-hybridized carbons (Fsp3) is 0.182. The first-order valence-corrected chi connectivity index (χ1v) is 4.82. The Balaban J connectivity index is 2.58. The van der Waals surface area contributed by atoms with Crippen LogP contribution in [0.25, 0.3) is 11.3 Å². The van der Waals surface area contributed by atoms with Crippen LogP contribution in [0.2, 0.25) is 0 Å². The van der Waals surface area contributed by atoms with E-state index in [1.165, 1.54) is 25.6 Å². The van der Waals surface area contributed by atoms with Gasteiger partial charge in [-0.15, -0.1) is 0 Å². The van der Waals surface area contributed by atoms with Crippen LogP contribution in [-0.4, -0.2) is 17.1 Å². The lowest BCUT2D eigenvalue weighted by Gasteiger charge is -2.07. The molecule has 0 bridgehead atoms. The number of rotatable bonds is 3. The summed E-state index contributed by atoms with van der Waals surface area (Å²) in [4.78, 5) is 7.04. The second-order valence-electron chi connectivity index (χ2n) is 3.28. The van der Waals surface area contributed by atoms with E-state index in [0.29, 0.717) is 23.6 Å². The zero-order valence-corrected chi connectivity index (χ0v) is 8.83. The molecule has 3 N–H and O–H groups in total. The minimum atomic E-state index is -0.332. The lowest BCUT2D eigenvalue weighted by Crippen LogP contribution is -1.99. The predicted octanol–water partition coefficient (Wildman–Crippen LogP) is 1.68. The molecule has 0 aliphatic rings. The number of nitrogens with one attached hydrogen (secondary N) is 1. The molecule has 84 valence electrons. The Morgan fingerprint density at radius 2 is 2.31 bits per heavy atom. The molecule has 0 amide bonds. The summed E-state index contributed by atoms with van der Waals surface area (Å²) in [5.41, 5.74) is 7.53. The molecule has 0 atom stereocenters. The fourth-order valence-electron chi connectivity index (χ4n) is 1.57. The lowest BCUT2D eigenvalue weighted by atomic mass is 10.1. The zero-order chi connectivity index (χ0) is 11.5. The van der Waals surface area contributed by atoms with Gasteiger partial charge in [0.25, 0.3) is 0 Å². The number of aromatic nitrogens is 2. The summed E-state index contributed by atoms with van der Waals surface area (Å²) in [5.74, 6) is 0.241. The molecule has 1 heterocycles. The highest BCUT2D eigenvalue weighted by molar-refractivity contribution is 5.69. The van der Waals surface area contributed by atoms with Crippen LogP contribution < -0.4 is 10.5 Å². The molecule has 2 aromatic rings. The number of benzene rings is 1. The van der Waals surface area contributed by atoms with Crippen molar-refractivity contribution in [2.24, 2.45) is 5.73 Å². The van der Waals surface area contributed by atoms with Gasteiger partial charge in [0.2, 0.25) is 0 Å². The van der Waals surface area contributed by atoms with Gasteiger partial charge < -0.3 is 15.5 Å². The number of hydrogen-bond acceptors (Lipinski definition) is 3. The maximum atomic E-state index is 13.2. The van der Waals surface area contributed by atoms with Crippen molar-refractivity contribution in [2.45, 2.75) is 6.54 Å². The minimum absolute atomic E-state index is 0.314. The highest BCUT2D eigenvalue weighted by Gasteiger charge is 2.13. The normalized spacial score (nSPS) is 10.4. The molecular weight excluding hydrogens is 209 g/mol. The lowest BCUT2D eigenvalue weighted by molar-refractivity contribution is 0.415. The van der Waals surface area contributed by atoms with Gasteiger partial charge in [-0.05, 0) is 18.2 Å². The van der Waals surface area contributed by atoms with Crippen molar-refractivity contribution in [3.8, 4) is 17.0 Å². The summed E-state index contributed by atoms with van der Waals surface area (Å²) in [7, 11) is 1.53. The fourth-order valence-corrected chi connectivity index (χ4v) is 1.57. The zero-order valence-electron chi connectivity index (χ0n) is 8.83. The summed E-state index contributed by atoms with van der Waals surface area (Å²) in [5, 5.41) is 0. The van der Waals surface area contributed by atoms with E-state index in [1.807, 2.05) is 0 Å². The van der Waals surface area contributed by atoms with Gasteiger partial charge in [0.15, 0.2) is 0 Å². The maximum absolute atomic E-state index is 13.2. The van der Waals surface area contributed by atoms with Crippen molar-refractivity contribution >= 4 is 0 Å². The van der Waals surface area contributed by atoms with E-state index in [9.17, 15) is 4.39 Å². The highest BCUT2D eigenvalue weighted by atomic mass is 19.1. The second-order valence-corrected chi connectivity index (χ2v) is 3.28. The summed E-state index contributed by atoms with van der Waals surface area (Å²) >= 11 is 0. The van der Waals surface area contributed by atoms with Crippen molar-refractivity contribution < 1.29 is 9.13 Å². The van der Waals surface area contributed by atoms with Crippen molar-refractivity contribution in [3.63, 3.8) is 0 Å². The summed E-state index contributed by atoms with van der Waals surface area (Å²) in [6.07, 6.45) is 1.53. The van der Waals surface area contributed by atoms with Gasteiger partial charge in [0.1, 0.15) is 11.6 Å². The second kappa shape index (κ2) is 4.32. The van der Waals surface area contributed by atoms with Crippen LogP contribution in [0.5, 0.6) is 5.75 Å². The Morgan fingerprint density at radius 3 is 3.00 bits per heavy atom. The molecule has 2 rings (SSSR count). The van der Waals surface area contributed by atoms with Gasteiger partial charge >= 0.3 is 0 Å². The van der Waals surface area contributed by atoms with Crippen LogP contribution in [0.1, 0.15) is 5.69 Å². The van der Waals surface area contributed by atoms with Crippen LogP contribution in [-0.2, 0) is 6.54 Å². The van der Waals surface area contributed by atoms with E-state index in [0.717, 1.165) is 5.69 Å². The molecular formula is C11H12FN3O. The van der Waals surface area contributed by atoms with Crippen molar-refractivity contribution in [1.29, 1.82) is 0 Å².